The Morgan fingerprint density at radius 2 is 1.75 bits per heavy atom. The van der Waals surface area contributed by atoms with Crippen LogP contribution in [0.5, 0.6) is 0 Å². The highest BCUT2D eigenvalue weighted by Gasteiger charge is 2.69. The van der Waals surface area contributed by atoms with Crippen molar-refractivity contribution in [3.8, 4) is 0 Å². The number of hydrogen-bond donors (Lipinski definition) is 0. The Balaban J connectivity index is 1.43. The van der Waals surface area contributed by atoms with Crippen molar-refractivity contribution in [2.75, 3.05) is 7.05 Å². The lowest BCUT2D eigenvalue weighted by atomic mass is 9.72. The Morgan fingerprint density at radius 1 is 1.04 bits per heavy atom. The first-order valence-corrected chi connectivity index (χ1v) is 8.45. The van der Waals surface area contributed by atoms with Gasteiger partial charge < -0.3 is 4.84 Å². The monoisotopic (exact) mass is 322 g/mol. The van der Waals surface area contributed by atoms with E-state index in [0.717, 1.165) is 17.7 Å². The van der Waals surface area contributed by atoms with Crippen molar-refractivity contribution in [2.24, 2.45) is 34.7 Å². The van der Waals surface area contributed by atoms with Gasteiger partial charge in [-0.3, -0.25) is 14.5 Å². The van der Waals surface area contributed by atoms with Crippen LogP contribution in [-0.2, 0) is 14.4 Å². The normalized spacial score (nSPS) is 39.4. The molecule has 1 aromatic rings. The van der Waals surface area contributed by atoms with Crippen LogP contribution in [0.2, 0.25) is 0 Å². The third kappa shape index (κ3) is 1.67. The Hall–Kier alpha value is -2.43. The van der Waals surface area contributed by atoms with Gasteiger partial charge in [-0.05, 0) is 24.0 Å². The summed E-state index contributed by atoms with van der Waals surface area (Å²) in [5, 5.41) is 4.27. The van der Waals surface area contributed by atoms with Crippen LogP contribution in [-0.4, -0.2) is 35.6 Å². The minimum Gasteiger partial charge on any atom is -0.391 e. The molecule has 2 amide bonds. The zero-order chi connectivity index (χ0) is 16.4. The Bertz CT molecular complexity index is 785. The molecule has 4 aliphatic rings. The van der Waals surface area contributed by atoms with E-state index < -0.39 is 0 Å². The minimum absolute atomic E-state index is 0.0192. The molecule has 0 spiro atoms. The maximum absolute atomic E-state index is 12.5. The van der Waals surface area contributed by atoms with Crippen LogP contribution in [0, 0.1) is 29.6 Å². The summed E-state index contributed by atoms with van der Waals surface area (Å²) in [5.41, 5.74) is 2.01. The lowest BCUT2D eigenvalue weighted by Crippen LogP contribution is -2.40. The molecule has 1 aromatic carbocycles. The van der Waals surface area contributed by atoms with E-state index in [0.29, 0.717) is 0 Å². The molecule has 0 N–H and O–H groups in total. The SMILES string of the molecule is CN1C(=O)[C@@H]2[C@H]3C[C@H]([C@H]4ON=C(/C=C/c5ccccc5)[C@@H]34)[C@@H]2C1=O. The zero-order valence-electron chi connectivity index (χ0n) is 13.3. The molecule has 3 fully saturated rings. The number of carbonyl (C=O) groups excluding carboxylic acids is 2. The van der Waals surface area contributed by atoms with Gasteiger partial charge in [-0.2, -0.15) is 0 Å². The van der Waals surface area contributed by atoms with Crippen molar-refractivity contribution in [1.29, 1.82) is 0 Å². The summed E-state index contributed by atoms with van der Waals surface area (Å²) in [6.45, 7) is 0. The molecule has 2 saturated carbocycles. The molecule has 24 heavy (non-hydrogen) atoms. The number of carbonyl (C=O) groups is 2. The number of fused-ring (bicyclic) bond motifs is 8. The lowest BCUT2D eigenvalue weighted by Gasteiger charge is -2.29. The molecule has 0 radical (unpaired) electrons. The second-order valence-electron chi connectivity index (χ2n) is 7.21. The highest BCUT2D eigenvalue weighted by molar-refractivity contribution is 6.08. The van der Waals surface area contributed by atoms with E-state index in [-0.39, 0.29) is 47.5 Å². The molecule has 0 aromatic heterocycles. The first-order chi connectivity index (χ1) is 11.7. The maximum atomic E-state index is 12.5. The maximum Gasteiger partial charge on any atom is 0.233 e. The van der Waals surface area contributed by atoms with Gasteiger partial charge in [0.1, 0.15) is 6.10 Å². The van der Waals surface area contributed by atoms with Crippen molar-refractivity contribution >= 4 is 23.6 Å². The van der Waals surface area contributed by atoms with Gasteiger partial charge in [-0.1, -0.05) is 41.6 Å². The molecule has 6 atom stereocenters. The molecule has 2 aliphatic carbocycles. The highest BCUT2D eigenvalue weighted by atomic mass is 16.6. The molecule has 0 unspecified atom stereocenters. The Kier molecular flexibility index (Phi) is 2.78. The van der Waals surface area contributed by atoms with Crippen molar-refractivity contribution in [1.82, 2.24) is 4.90 Å². The fourth-order valence-electron chi connectivity index (χ4n) is 5.19. The van der Waals surface area contributed by atoms with Crippen molar-refractivity contribution in [3.63, 3.8) is 0 Å². The third-order valence-electron chi connectivity index (χ3n) is 6.19. The third-order valence-corrected chi connectivity index (χ3v) is 6.19. The van der Waals surface area contributed by atoms with E-state index in [1.54, 1.807) is 7.05 Å². The number of amides is 2. The number of imide groups is 1. The van der Waals surface area contributed by atoms with Crippen LogP contribution in [0.1, 0.15) is 12.0 Å². The lowest BCUT2D eigenvalue weighted by molar-refractivity contribution is -0.139. The number of rotatable bonds is 2. The van der Waals surface area contributed by atoms with E-state index in [4.69, 9.17) is 4.84 Å². The summed E-state index contributed by atoms with van der Waals surface area (Å²) in [6, 6.07) is 10.1. The van der Waals surface area contributed by atoms with Gasteiger partial charge in [0.2, 0.25) is 11.8 Å². The Labute approximate surface area is 140 Å². The molecule has 1 saturated heterocycles. The van der Waals surface area contributed by atoms with Crippen LogP contribution in [0.3, 0.4) is 0 Å². The molecular weight excluding hydrogens is 304 g/mol. The Morgan fingerprint density at radius 3 is 2.50 bits per heavy atom. The van der Waals surface area contributed by atoms with Gasteiger partial charge in [-0.15, -0.1) is 0 Å². The van der Waals surface area contributed by atoms with Crippen molar-refractivity contribution in [2.45, 2.75) is 12.5 Å². The van der Waals surface area contributed by atoms with Crippen LogP contribution < -0.4 is 0 Å². The van der Waals surface area contributed by atoms with Gasteiger partial charge in [-0.25, -0.2) is 0 Å². The molecule has 5 heteroatoms. The fraction of sp³-hybridized carbons (Fsp3) is 0.421. The topological polar surface area (TPSA) is 59.0 Å². The van der Waals surface area contributed by atoms with E-state index in [9.17, 15) is 9.59 Å². The predicted octanol–water partition coefficient (Wildman–Crippen LogP) is 1.95. The van der Waals surface area contributed by atoms with Gasteiger partial charge in [0.25, 0.3) is 0 Å². The quantitative estimate of drug-likeness (QED) is 0.782. The summed E-state index contributed by atoms with van der Waals surface area (Å²) in [4.78, 5) is 31.8. The van der Waals surface area contributed by atoms with Crippen LogP contribution in [0.25, 0.3) is 6.08 Å². The highest BCUT2D eigenvalue weighted by Crippen LogP contribution is 2.61. The largest absolute Gasteiger partial charge is 0.391 e. The number of allylic oxidation sites excluding steroid dienone is 1. The fourth-order valence-corrected chi connectivity index (χ4v) is 5.19. The summed E-state index contributed by atoms with van der Waals surface area (Å²) in [5.74, 6) is 0.0135. The predicted molar refractivity (Wildman–Crippen MR) is 87.6 cm³/mol. The summed E-state index contributed by atoms with van der Waals surface area (Å²) >= 11 is 0. The molecule has 2 heterocycles. The number of likely N-dealkylation sites (tertiary alicyclic amines) is 1. The first-order valence-electron chi connectivity index (χ1n) is 8.45. The molecule has 5 nitrogen and oxygen atoms in total. The van der Waals surface area contributed by atoms with E-state index in [1.807, 2.05) is 42.5 Å². The van der Waals surface area contributed by atoms with Gasteiger partial charge in [0.15, 0.2) is 0 Å². The molecule has 122 valence electrons. The smallest absolute Gasteiger partial charge is 0.233 e. The average molecular weight is 322 g/mol. The minimum atomic E-state index is -0.193. The number of nitrogens with zero attached hydrogens (tertiary/aromatic N) is 2. The number of oxime groups is 1. The standard InChI is InChI=1S/C19H18N2O3/c1-21-18(22)15-11-9-12(16(15)19(21)23)17-14(11)13(20-24-17)8-7-10-5-3-2-4-6-10/h2-8,11-12,14-17H,9H2,1H3/b8-7+/t11-,12-,14+,15+,16-,17+/m0/s1. The van der Waals surface area contributed by atoms with Gasteiger partial charge >= 0.3 is 0 Å². The number of hydrogen-bond acceptors (Lipinski definition) is 4. The molecule has 5 rings (SSSR count). The summed E-state index contributed by atoms with van der Waals surface area (Å²) in [6.07, 6.45) is 4.88. The molecule has 2 bridgehead atoms. The summed E-state index contributed by atoms with van der Waals surface area (Å²) in [7, 11) is 1.60. The first kappa shape index (κ1) is 14.0. The van der Waals surface area contributed by atoms with Crippen LogP contribution in [0.15, 0.2) is 41.6 Å². The molecular formula is C19H18N2O3. The van der Waals surface area contributed by atoms with Crippen molar-refractivity contribution < 1.29 is 14.4 Å². The van der Waals surface area contributed by atoms with Crippen LogP contribution >= 0.6 is 0 Å². The molecule has 2 aliphatic heterocycles. The average Bonchev–Trinajstić information content (AvgIpc) is 3.32. The second-order valence-corrected chi connectivity index (χ2v) is 7.21. The van der Waals surface area contributed by atoms with Gasteiger partial charge in [0, 0.05) is 18.9 Å². The summed E-state index contributed by atoms with van der Waals surface area (Å²) < 4.78 is 0. The van der Waals surface area contributed by atoms with E-state index in [1.165, 1.54) is 4.90 Å². The zero-order valence-corrected chi connectivity index (χ0v) is 13.3. The van der Waals surface area contributed by atoms with Crippen LogP contribution in [0.4, 0.5) is 0 Å². The number of benzene rings is 1. The van der Waals surface area contributed by atoms with Crippen molar-refractivity contribution in [3.05, 3.63) is 42.0 Å². The van der Waals surface area contributed by atoms with E-state index >= 15 is 0 Å². The van der Waals surface area contributed by atoms with Gasteiger partial charge in [0.05, 0.1) is 17.5 Å². The van der Waals surface area contributed by atoms with E-state index in [2.05, 4.69) is 5.16 Å². The second kappa shape index (κ2) is 4.79.